The minimum atomic E-state index is -1.03. The number of ether oxygens (including phenoxy) is 1. The van der Waals surface area contributed by atoms with E-state index >= 15 is 0 Å². The Labute approximate surface area is 109 Å². The molecule has 7 heteroatoms. The molecule has 1 fully saturated rings. The molecule has 0 aliphatic carbocycles. The van der Waals surface area contributed by atoms with Gasteiger partial charge in [0, 0.05) is 37.9 Å². The fourth-order valence-electron chi connectivity index (χ4n) is 1.75. The van der Waals surface area contributed by atoms with Gasteiger partial charge in [0.2, 0.25) is 5.95 Å². The van der Waals surface area contributed by atoms with Gasteiger partial charge in [-0.1, -0.05) is 0 Å². The largest absolute Gasteiger partial charge is 0.478 e. The van der Waals surface area contributed by atoms with Gasteiger partial charge in [-0.3, -0.25) is 0 Å². The van der Waals surface area contributed by atoms with Gasteiger partial charge in [0.1, 0.15) is 5.56 Å². The number of carboxylic acid groups (broad SMARTS) is 1. The van der Waals surface area contributed by atoms with E-state index < -0.39 is 5.97 Å². The number of carboxylic acids is 1. The summed E-state index contributed by atoms with van der Waals surface area (Å²) in [5.74, 6) is 1.66. The van der Waals surface area contributed by atoms with Crippen LogP contribution in [0.5, 0.6) is 0 Å². The number of hydrogen-bond acceptors (Lipinski definition) is 6. The highest BCUT2D eigenvalue weighted by molar-refractivity contribution is 7.99. The summed E-state index contributed by atoms with van der Waals surface area (Å²) in [4.78, 5) is 21.5. The first-order valence-corrected chi connectivity index (χ1v) is 6.78. The molecule has 1 aromatic heterocycles. The molecule has 1 saturated heterocycles. The SMILES string of the molecule is COCc1nc(N2CCSCC2)ncc1C(=O)O. The van der Waals surface area contributed by atoms with Gasteiger partial charge >= 0.3 is 5.97 Å². The summed E-state index contributed by atoms with van der Waals surface area (Å²) in [6, 6.07) is 0. The lowest BCUT2D eigenvalue weighted by atomic mass is 10.2. The Morgan fingerprint density at radius 2 is 2.28 bits per heavy atom. The molecule has 0 saturated carbocycles. The van der Waals surface area contributed by atoms with Crippen LogP contribution in [0.2, 0.25) is 0 Å². The number of thioether (sulfide) groups is 1. The van der Waals surface area contributed by atoms with Crippen molar-refractivity contribution in [1.82, 2.24) is 9.97 Å². The summed E-state index contributed by atoms with van der Waals surface area (Å²) in [6.07, 6.45) is 1.36. The van der Waals surface area contributed by atoms with Crippen molar-refractivity contribution in [2.75, 3.05) is 36.6 Å². The Hall–Kier alpha value is -1.34. The maximum Gasteiger partial charge on any atom is 0.339 e. The number of methoxy groups -OCH3 is 1. The van der Waals surface area contributed by atoms with Crippen LogP contribution in [0.3, 0.4) is 0 Å². The molecule has 0 bridgehead atoms. The molecule has 1 aliphatic heterocycles. The van der Waals surface area contributed by atoms with Crippen molar-refractivity contribution in [3.63, 3.8) is 0 Å². The van der Waals surface area contributed by atoms with Gasteiger partial charge in [0.15, 0.2) is 0 Å². The first-order chi connectivity index (χ1) is 8.72. The van der Waals surface area contributed by atoms with Gasteiger partial charge in [-0.15, -0.1) is 0 Å². The van der Waals surface area contributed by atoms with Gasteiger partial charge in [-0.05, 0) is 0 Å². The van der Waals surface area contributed by atoms with Crippen LogP contribution in [0, 0.1) is 0 Å². The molecule has 6 nitrogen and oxygen atoms in total. The number of aromatic nitrogens is 2. The highest BCUT2D eigenvalue weighted by Crippen LogP contribution is 2.17. The third-order valence-electron chi connectivity index (χ3n) is 2.66. The first kappa shape index (κ1) is 13.1. The first-order valence-electron chi connectivity index (χ1n) is 5.63. The van der Waals surface area contributed by atoms with E-state index in [0.717, 1.165) is 24.6 Å². The molecule has 1 N–H and O–H groups in total. The zero-order valence-electron chi connectivity index (χ0n) is 10.1. The normalized spacial score (nSPS) is 15.7. The fourth-order valence-corrected chi connectivity index (χ4v) is 2.65. The van der Waals surface area contributed by atoms with Crippen LogP contribution >= 0.6 is 11.8 Å². The van der Waals surface area contributed by atoms with Gasteiger partial charge < -0.3 is 14.7 Å². The molecule has 98 valence electrons. The molecule has 2 rings (SSSR count). The quantitative estimate of drug-likeness (QED) is 0.869. The molecular formula is C11H15N3O3S. The van der Waals surface area contributed by atoms with Crippen LogP contribution in [0.15, 0.2) is 6.20 Å². The van der Waals surface area contributed by atoms with Crippen LogP contribution in [0.1, 0.15) is 16.1 Å². The summed E-state index contributed by atoms with van der Waals surface area (Å²) in [5, 5.41) is 9.04. The van der Waals surface area contributed by atoms with Crippen molar-refractivity contribution in [1.29, 1.82) is 0 Å². The Bertz CT molecular complexity index is 436. The van der Waals surface area contributed by atoms with E-state index in [9.17, 15) is 4.79 Å². The molecule has 0 spiro atoms. The number of hydrogen-bond donors (Lipinski definition) is 1. The van der Waals surface area contributed by atoms with Crippen LogP contribution in [-0.4, -0.2) is 52.7 Å². The standard InChI is InChI=1S/C11H15N3O3S/c1-17-7-9-8(10(15)16)6-12-11(13-9)14-2-4-18-5-3-14/h6H,2-5,7H2,1H3,(H,15,16). The molecule has 1 aromatic rings. The van der Waals surface area contributed by atoms with Gasteiger partial charge in [-0.25, -0.2) is 14.8 Å². The van der Waals surface area contributed by atoms with Crippen molar-refractivity contribution in [2.24, 2.45) is 0 Å². The van der Waals surface area contributed by atoms with Crippen molar-refractivity contribution < 1.29 is 14.6 Å². The molecule has 1 aliphatic rings. The molecule has 0 aromatic carbocycles. The van der Waals surface area contributed by atoms with Gasteiger partial charge in [0.05, 0.1) is 12.3 Å². The van der Waals surface area contributed by atoms with E-state index in [4.69, 9.17) is 9.84 Å². The predicted octanol–water partition coefficient (Wildman–Crippen LogP) is 0.874. The van der Waals surface area contributed by atoms with E-state index in [1.54, 1.807) is 0 Å². The summed E-state index contributed by atoms with van der Waals surface area (Å²) < 4.78 is 4.98. The molecule has 0 atom stereocenters. The number of anilines is 1. The topological polar surface area (TPSA) is 75.5 Å². The second-order valence-electron chi connectivity index (χ2n) is 3.87. The maximum atomic E-state index is 11.0. The highest BCUT2D eigenvalue weighted by Gasteiger charge is 2.18. The fraction of sp³-hybridized carbons (Fsp3) is 0.545. The number of nitrogens with zero attached hydrogens (tertiary/aromatic N) is 3. The van der Waals surface area contributed by atoms with Crippen molar-refractivity contribution >= 4 is 23.7 Å². The zero-order valence-corrected chi connectivity index (χ0v) is 10.9. The van der Waals surface area contributed by atoms with Crippen molar-refractivity contribution in [3.05, 3.63) is 17.5 Å². The van der Waals surface area contributed by atoms with E-state index in [1.807, 2.05) is 11.8 Å². The smallest absolute Gasteiger partial charge is 0.339 e. The monoisotopic (exact) mass is 269 g/mol. The Balaban J connectivity index is 2.26. The number of aromatic carboxylic acids is 1. The van der Waals surface area contributed by atoms with Gasteiger partial charge in [-0.2, -0.15) is 11.8 Å². The van der Waals surface area contributed by atoms with Crippen LogP contribution in [-0.2, 0) is 11.3 Å². The minimum Gasteiger partial charge on any atom is -0.478 e. The number of rotatable bonds is 4. The lowest BCUT2D eigenvalue weighted by Gasteiger charge is -2.26. The minimum absolute atomic E-state index is 0.104. The van der Waals surface area contributed by atoms with E-state index in [2.05, 4.69) is 14.9 Å². The highest BCUT2D eigenvalue weighted by atomic mass is 32.2. The van der Waals surface area contributed by atoms with Crippen molar-refractivity contribution in [3.8, 4) is 0 Å². The summed E-state index contributed by atoms with van der Waals surface area (Å²) in [7, 11) is 1.52. The third kappa shape index (κ3) is 2.91. The van der Waals surface area contributed by atoms with Crippen LogP contribution in [0.25, 0.3) is 0 Å². The van der Waals surface area contributed by atoms with Crippen molar-refractivity contribution in [2.45, 2.75) is 6.61 Å². The lowest BCUT2D eigenvalue weighted by Crippen LogP contribution is -2.34. The molecule has 2 heterocycles. The lowest BCUT2D eigenvalue weighted by molar-refractivity contribution is 0.0690. The number of carbonyl (C=O) groups is 1. The summed E-state index contributed by atoms with van der Waals surface area (Å²) >= 11 is 1.90. The maximum absolute atomic E-state index is 11.0. The Morgan fingerprint density at radius 3 is 2.89 bits per heavy atom. The zero-order chi connectivity index (χ0) is 13.0. The summed E-state index contributed by atoms with van der Waals surface area (Å²) in [5.41, 5.74) is 0.528. The van der Waals surface area contributed by atoms with Gasteiger partial charge in [0.25, 0.3) is 0 Å². The molecule has 18 heavy (non-hydrogen) atoms. The molecular weight excluding hydrogens is 254 g/mol. The molecule has 0 unspecified atom stereocenters. The molecule has 0 radical (unpaired) electrons. The Kier molecular flexibility index (Phi) is 4.38. The average molecular weight is 269 g/mol. The van der Waals surface area contributed by atoms with E-state index in [0.29, 0.717) is 11.6 Å². The second-order valence-corrected chi connectivity index (χ2v) is 5.09. The van der Waals surface area contributed by atoms with Crippen LogP contribution < -0.4 is 4.90 Å². The predicted molar refractivity (Wildman–Crippen MR) is 69.2 cm³/mol. The average Bonchev–Trinajstić information content (AvgIpc) is 2.40. The van der Waals surface area contributed by atoms with E-state index in [1.165, 1.54) is 13.3 Å². The Morgan fingerprint density at radius 1 is 1.56 bits per heavy atom. The van der Waals surface area contributed by atoms with Crippen LogP contribution in [0.4, 0.5) is 5.95 Å². The second kappa shape index (κ2) is 6.01. The third-order valence-corrected chi connectivity index (χ3v) is 3.60. The summed E-state index contributed by atoms with van der Waals surface area (Å²) in [6.45, 7) is 1.97. The molecule has 0 amide bonds. The van der Waals surface area contributed by atoms with E-state index in [-0.39, 0.29) is 12.2 Å².